The number of amides is 2. The van der Waals surface area contributed by atoms with Crippen LogP contribution in [0.15, 0.2) is 24.3 Å². The Balaban J connectivity index is 2.97. The second-order valence-electron chi connectivity index (χ2n) is 5.72. The maximum Gasteiger partial charge on any atom is 0.326 e. The van der Waals surface area contributed by atoms with Gasteiger partial charge in [-0.2, -0.15) is 12.6 Å². The van der Waals surface area contributed by atoms with Gasteiger partial charge in [0.1, 0.15) is 17.8 Å². The molecule has 0 unspecified atom stereocenters. The molecule has 1 aromatic carbocycles. The predicted molar refractivity (Wildman–Crippen MR) is 97.4 cm³/mol. The van der Waals surface area contributed by atoms with Crippen LogP contribution in [-0.2, 0) is 25.6 Å². The number of carbonyl (C=O) groups excluding carboxylic acids is 2. The molecule has 2 amide bonds. The first-order valence-electron chi connectivity index (χ1n) is 7.83. The predicted octanol–water partition coefficient (Wildman–Crippen LogP) is -1.28. The average molecular weight is 399 g/mol. The molecule has 0 heterocycles. The normalized spacial score (nSPS) is 13.9. The van der Waals surface area contributed by atoms with Crippen LogP contribution in [0.2, 0.25) is 0 Å². The van der Waals surface area contributed by atoms with E-state index < -0.39 is 48.3 Å². The van der Waals surface area contributed by atoms with Crippen LogP contribution in [0.5, 0.6) is 5.75 Å². The zero-order valence-corrected chi connectivity index (χ0v) is 15.1. The van der Waals surface area contributed by atoms with Crippen molar-refractivity contribution in [2.75, 3.05) is 5.75 Å². The summed E-state index contributed by atoms with van der Waals surface area (Å²) in [7, 11) is 0. The Morgan fingerprint density at radius 1 is 1.00 bits per heavy atom. The summed E-state index contributed by atoms with van der Waals surface area (Å²) in [5.41, 5.74) is 6.14. The molecular formula is C16H21N3O7S. The number of hydrogen-bond acceptors (Lipinski definition) is 7. The monoisotopic (exact) mass is 399 g/mol. The SMILES string of the molecule is N[C@@H](CS)C(=O)N[C@@H](Cc1ccc(O)cc1)C(=O)N[C@@H](CC(=O)O)C(=O)O. The summed E-state index contributed by atoms with van der Waals surface area (Å²) in [6.07, 6.45) is -0.854. The number of thiol groups is 1. The van der Waals surface area contributed by atoms with Crippen molar-refractivity contribution in [3.8, 4) is 5.75 Å². The maximum atomic E-state index is 12.5. The van der Waals surface area contributed by atoms with Gasteiger partial charge in [-0.25, -0.2) is 4.79 Å². The van der Waals surface area contributed by atoms with Crippen molar-refractivity contribution >= 4 is 36.4 Å². The Hall–Kier alpha value is -2.79. The lowest BCUT2D eigenvalue weighted by Crippen LogP contribution is -2.55. The quantitative estimate of drug-likeness (QED) is 0.238. The number of aliphatic carboxylic acids is 2. The first-order valence-corrected chi connectivity index (χ1v) is 8.47. The van der Waals surface area contributed by atoms with E-state index in [1.807, 2.05) is 0 Å². The largest absolute Gasteiger partial charge is 0.508 e. The smallest absolute Gasteiger partial charge is 0.326 e. The Kier molecular flexibility index (Phi) is 8.56. The molecule has 10 nitrogen and oxygen atoms in total. The van der Waals surface area contributed by atoms with Gasteiger partial charge in [-0.05, 0) is 17.7 Å². The molecule has 0 saturated carbocycles. The number of nitrogens with two attached hydrogens (primary N) is 1. The number of carbonyl (C=O) groups is 4. The van der Waals surface area contributed by atoms with Crippen LogP contribution >= 0.6 is 12.6 Å². The number of rotatable bonds is 10. The van der Waals surface area contributed by atoms with Crippen LogP contribution in [0.1, 0.15) is 12.0 Å². The van der Waals surface area contributed by atoms with Gasteiger partial charge in [0, 0.05) is 12.2 Å². The lowest BCUT2D eigenvalue weighted by atomic mass is 10.0. The molecule has 0 aliphatic heterocycles. The van der Waals surface area contributed by atoms with E-state index in [4.69, 9.17) is 15.9 Å². The number of phenols is 1. The molecule has 27 heavy (non-hydrogen) atoms. The Morgan fingerprint density at radius 3 is 2.04 bits per heavy atom. The molecule has 0 spiro atoms. The third-order valence-electron chi connectivity index (χ3n) is 3.54. The molecule has 0 bridgehead atoms. The number of aromatic hydroxyl groups is 1. The van der Waals surface area contributed by atoms with Crippen LogP contribution in [-0.4, -0.2) is 63.0 Å². The fraction of sp³-hybridized carbons (Fsp3) is 0.375. The Morgan fingerprint density at radius 2 is 1.56 bits per heavy atom. The van der Waals surface area contributed by atoms with E-state index in [9.17, 15) is 24.3 Å². The molecule has 0 aliphatic carbocycles. The lowest BCUT2D eigenvalue weighted by Gasteiger charge is -2.22. The number of carboxylic acids is 2. The van der Waals surface area contributed by atoms with E-state index in [2.05, 4.69) is 23.3 Å². The van der Waals surface area contributed by atoms with Gasteiger partial charge in [0.25, 0.3) is 0 Å². The minimum Gasteiger partial charge on any atom is -0.508 e. The summed E-state index contributed by atoms with van der Waals surface area (Å²) in [4.78, 5) is 46.4. The van der Waals surface area contributed by atoms with Crippen molar-refractivity contribution in [1.29, 1.82) is 0 Å². The first-order chi connectivity index (χ1) is 12.6. The molecule has 0 aliphatic rings. The molecule has 0 fully saturated rings. The summed E-state index contributed by atoms with van der Waals surface area (Å²) >= 11 is 3.90. The lowest BCUT2D eigenvalue weighted by molar-refractivity contribution is -0.147. The highest BCUT2D eigenvalue weighted by Gasteiger charge is 2.29. The average Bonchev–Trinajstić information content (AvgIpc) is 2.60. The van der Waals surface area contributed by atoms with E-state index in [0.29, 0.717) is 5.56 Å². The van der Waals surface area contributed by atoms with Gasteiger partial charge in [-0.1, -0.05) is 12.1 Å². The van der Waals surface area contributed by atoms with Crippen molar-refractivity contribution in [2.24, 2.45) is 5.73 Å². The van der Waals surface area contributed by atoms with Gasteiger partial charge in [-0.15, -0.1) is 0 Å². The number of nitrogens with one attached hydrogen (secondary N) is 2. The fourth-order valence-electron chi connectivity index (χ4n) is 2.09. The van der Waals surface area contributed by atoms with Crippen molar-refractivity contribution in [3.63, 3.8) is 0 Å². The molecule has 0 radical (unpaired) electrons. The Bertz CT molecular complexity index is 696. The molecule has 1 rings (SSSR count). The maximum absolute atomic E-state index is 12.5. The topological polar surface area (TPSA) is 179 Å². The van der Waals surface area contributed by atoms with Crippen molar-refractivity contribution in [1.82, 2.24) is 10.6 Å². The van der Waals surface area contributed by atoms with Gasteiger partial charge in [0.05, 0.1) is 12.5 Å². The van der Waals surface area contributed by atoms with E-state index in [0.717, 1.165) is 0 Å². The molecule has 148 valence electrons. The van der Waals surface area contributed by atoms with Crippen LogP contribution in [0.25, 0.3) is 0 Å². The van der Waals surface area contributed by atoms with Crippen molar-refractivity contribution in [3.05, 3.63) is 29.8 Å². The van der Waals surface area contributed by atoms with Gasteiger partial charge < -0.3 is 31.7 Å². The molecular weight excluding hydrogens is 378 g/mol. The van der Waals surface area contributed by atoms with Crippen LogP contribution < -0.4 is 16.4 Å². The van der Waals surface area contributed by atoms with Crippen molar-refractivity contribution < 1.29 is 34.5 Å². The summed E-state index contributed by atoms with van der Waals surface area (Å²) < 4.78 is 0. The summed E-state index contributed by atoms with van der Waals surface area (Å²) in [5.74, 6) is -4.44. The molecule has 0 saturated heterocycles. The zero-order chi connectivity index (χ0) is 20.6. The number of hydrogen-bond donors (Lipinski definition) is 7. The minimum atomic E-state index is -1.66. The molecule has 11 heteroatoms. The van der Waals surface area contributed by atoms with E-state index in [1.165, 1.54) is 24.3 Å². The third kappa shape index (κ3) is 7.54. The standard InChI is InChI=1S/C16H21N3O7S/c17-10(7-27)14(23)18-11(5-8-1-3-9(20)4-2-8)15(24)19-12(16(25)26)6-13(21)22/h1-4,10-12,20,27H,5-7,17H2,(H,18,23)(H,19,24)(H,21,22)(H,25,26)/t10-,11-,12-/m0/s1. The highest BCUT2D eigenvalue weighted by Crippen LogP contribution is 2.12. The van der Waals surface area contributed by atoms with Gasteiger partial charge in [0.2, 0.25) is 11.8 Å². The Labute approximate surface area is 160 Å². The highest BCUT2D eigenvalue weighted by molar-refractivity contribution is 7.80. The number of phenolic OH excluding ortho intramolecular Hbond substituents is 1. The van der Waals surface area contributed by atoms with Crippen LogP contribution in [0, 0.1) is 0 Å². The number of benzene rings is 1. The van der Waals surface area contributed by atoms with E-state index in [1.54, 1.807) is 0 Å². The van der Waals surface area contributed by atoms with Crippen molar-refractivity contribution in [2.45, 2.75) is 31.0 Å². The van der Waals surface area contributed by atoms with Crippen LogP contribution in [0.4, 0.5) is 0 Å². The summed E-state index contributed by atoms with van der Waals surface area (Å²) in [6, 6.07) is 1.96. The molecule has 1 aromatic rings. The van der Waals surface area contributed by atoms with Gasteiger partial charge >= 0.3 is 11.9 Å². The summed E-state index contributed by atoms with van der Waals surface area (Å²) in [5, 5.41) is 31.6. The van der Waals surface area contributed by atoms with Gasteiger partial charge in [0.15, 0.2) is 0 Å². The summed E-state index contributed by atoms with van der Waals surface area (Å²) in [6.45, 7) is 0. The molecule has 0 aromatic heterocycles. The minimum absolute atomic E-state index is 0.00767. The zero-order valence-electron chi connectivity index (χ0n) is 14.2. The molecule has 7 N–H and O–H groups in total. The third-order valence-corrected chi connectivity index (χ3v) is 3.93. The molecule has 3 atom stereocenters. The van der Waals surface area contributed by atoms with E-state index in [-0.39, 0.29) is 17.9 Å². The van der Waals surface area contributed by atoms with E-state index >= 15 is 0 Å². The second kappa shape index (κ2) is 10.4. The van der Waals surface area contributed by atoms with Crippen LogP contribution in [0.3, 0.4) is 0 Å². The first kappa shape index (κ1) is 22.3. The highest BCUT2D eigenvalue weighted by atomic mass is 32.1. The fourth-order valence-corrected chi connectivity index (χ4v) is 2.25. The number of carboxylic acid groups (broad SMARTS) is 2. The second-order valence-corrected chi connectivity index (χ2v) is 6.08. The van der Waals surface area contributed by atoms with Gasteiger partial charge in [-0.3, -0.25) is 14.4 Å².